The molecular formula is C18H19F3O3. The molecule has 130 valence electrons. The van der Waals surface area contributed by atoms with Gasteiger partial charge in [-0.25, -0.2) is 0 Å². The summed E-state index contributed by atoms with van der Waals surface area (Å²) in [6.45, 7) is 3.95. The molecule has 24 heavy (non-hydrogen) atoms. The fraction of sp³-hybridized carbons (Fsp3) is 0.333. The van der Waals surface area contributed by atoms with Crippen LogP contribution in [0.15, 0.2) is 42.5 Å². The Hall–Kier alpha value is -2.21. The number of ether oxygens (including phenoxy) is 2. The van der Waals surface area contributed by atoms with Gasteiger partial charge in [-0.2, -0.15) is 0 Å². The Labute approximate surface area is 138 Å². The van der Waals surface area contributed by atoms with Crippen molar-refractivity contribution in [3.63, 3.8) is 0 Å². The van der Waals surface area contributed by atoms with Crippen molar-refractivity contribution in [2.24, 2.45) is 5.92 Å². The minimum Gasteiger partial charge on any atom is -0.489 e. The van der Waals surface area contributed by atoms with Crippen molar-refractivity contribution in [1.29, 1.82) is 0 Å². The molecule has 0 aliphatic carbocycles. The highest BCUT2D eigenvalue weighted by molar-refractivity contribution is 5.67. The Kier molecular flexibility index (Phi) is 5.72. The molecule has 0 saturated heterocycles. The normalized spacial score (nSPS) is 11.6. The number of alkyl halides is 3. The first kappa shape index (κ1) is 18.1. The van der Waals surface area contributed by atoms with E-state index in [4.69, 9.17) is 4.74 Å². The van der Waals surface area contributed by atoms with Crippen molar-refractivity contribution < 1.29 is 27.8 Å². The van der Waals surface area contributed by atoms with Crippen LogP contribution in [0.25, 0.3) is 11.1 Å². The third kappa shape index (κ3) is 5.16. The van der Waals surface area contributed by atoms with Crippen LogP contribution in [0.1, 0.15) is 19.4 Å². The van der Waals surface area contributed by atoms with Gasteiger partial charge in [-0.15, -0.1) is 13.2 Å². The fourth-order valence-electron chi connectivity index (χ4n) is 2.12. The molecule has 0 amide bonds. The molecule has 0 fully saturated rings. The van der Waals surface area contributed by atoms with Gasteiger partial charge < -0.3 is 14.6 Å². The topological polar surface area (TPSA) is 38.7 Å². The second kappa shape index (κ2) is 7.57. The maximum atomic E-state index is 12.7. The van der Waals surface area contributed by atoms with Gasteiger partial charge in [0.2, 0.25) is 0 Å². The van der Waals surface area contributed by atoms with Gasteiger partial charge in [0.1, 0.15) is 0 Å². The summed E-state index contributed by atoms with van der Waals surface area (Å²) >= 11 is 0. The maximum absolute atomic E-state index is 12.7. The summed E-state index contributed by atoms with van der Waals surface area (Å²) in [4.78, 5) is 0. The summed E-state index contributed by atoms with van der Waals surface area (Å²) in [5.41, 5.74) is 1.90. The second-order valence-corrected chi connectivity index (χ2v) is 5.77. The van der Waals surface area contributed by atoms with Crippen molar-refractivity contribution in [1.82, 2.24) is 0 Å². The summed E-state index contributed by atoms with van der Waals surface area (Å²) in [5, 5.41) is 9.19. The summed E-state index contributed by atoms with van der Waals surface area (Å²) < 4.78 is 47.5. The molecule has 0 aliphatic rings. The average Bonchev–Trinajstić information content (AvgIpc) is 2.52. The number of aliphatic hydroxyl groups excluding tert-OH is 1. The van der Waals surface area contributed by atoms with Gasteiger partial charge in [0, 0.05) is 0 Å². The first-order valence-electron chi connectivity index (χ1n) is 7.51. The van der Waals surface area contributed by atoms with Gasteiger partial charge in [0.15, 0.2) is 11.5 Å². The zero-order valence-corrected chi connectivity index (χ0v) is 13.4. The number of rotatable bonds is 6. The number of hydrogen-bond donors (Lipinski definition) is 1. The van der Waals surface area contributed by atoms with Gasteiger partial charge >= 0.3 is 6.36 Å². The zero-order chi connectivity index (χ0) is 17.7. The van der Waals surface area contributed by atoms with Crippen LogP contribution in [0.2, 0.25) is 0 Å². The van der Waals surface area contributed by atoms with Crippen LogP contribution in [0.3, 0.4) is 0 Å². The molecule has 0 radical (unpaired) electrons. The first-order chi connectivity index (χ1) is 11.3. The SMILES string of the molecule is CC(C)COc1ccc(-c2cccc(CO)c2)cc1OC(F)(F)F. The van der Waals surface area contributed by atoms with E-state index in [1.807, 2.05) is 13.8 Å². The highest BCUT2D eigenvalue weighted by Gasteiger charge is 2.32. The van der Waals surface area contributed by atoms with Gasteiger partial charge in [0.05, 0.1) is 13.2 Å². The Bertz CT molecular complexity index is 681. The fourth-order valence-corrected chi connectivity index (χ4v) is 2.12. The summed E-state index contributed by atoms with van der Waals surface area (Å²) in [7, 11) is 0. The zero-order valence-electron chi connectivity index (χ0n) is 13.4. The van der Waals surface area contributed by atoms with E-state index in [0.29, 0.717) is 16.7 Å². The van der Waals surface area contributed by atoms with Crippen molar-refractivity contribution in [2.45, 2.75) is 26.8 Å². The third-order valence-corrected chi connectivity index (χ3v) is 3.18. The molecule has 0 aliphatic heterocycles. The number of benzene rings is 2. The lowest BCUT2D eigenvalue weighted by atomic mass is 10.0. The molecule has 2 aromatic carbocycles. The number of aliphatic hydroxyl groups is 1. The van der Waals surface area contributed by atoms with E-state index in [-0.39, 0.29) is 30.6 Å². The average molecular weight is 340 g/mol. The van der Waals surface area contributed by atoms with Crippen molar-refractivity contribution in [3.05, 3.63) is 48.0 Å². The molecule has 0 spiro atoms. The molecule has 0 saturated carbocycles. The van der Waals surface area contributed by atoms with E-state index in [1.54, 1.807) is 30.3 Å². The molecule has 1 N–H and O–H groups in total. The lowest BCUT2D eigenvalue weighted by molar-refractivity contribution is -0.275. The molecule has 6 heteroatoms. The summed E-state index contributed by atoms with van der Waals surface area (Å²) in [6, 6.07) is 11.3. The standard InChI is InChI=1S/C18H19F3O3/c1-12(2)11-23-16-7-6-15(9-17(16)24-18(19,20)21)14-5-3-4-13(8-14)10-22/h3-9,12,22H,10-11H2,1-2H3. The third-order valence-electron chi connectivity index (χ3n) is 3.18. The van der Waals surface area contributed by atoms with Crippen LogP contribution < -0.4 is 9.47 Å². The van der Waals surface area contributed by atoms with Crippen molar-refractivity contribution in [3.8, 4) is 22.6 Å². The Morgan fingerprint density at radius 1 is 1.00 bits per heavy atom. The molecule has 0 bridgehead atoms. The van der Waals surface area contributed by atoms with E-state index < -0.39 is 6.36 Å². The van der Waals surface area contributed by atoms with Crippen LogP contribution >= 0.6 is 0 Å². The van der Waals surface area contributed by atoms with Gasteiger partial charge in [-0.3, -0.25) is 0 Å². The van der Waals surface area contributed by atoms with Crippen LogP contribution in [-0.4, -0.2) is 18.1 Å². The second-order valence-electron chi connectivity index (χ2n) is 5.77. The van der Waals surface area contributed by atoms with Gasteiger partial charge in [-0.1, -0.05) is 38.1 Å². The minimum atomic E-state index is -4.80. The molecule has 2 rings (SSSR count). The highest BCUT2D eigenvalue weighted by atomic mass is 19.4. The molecular weight excluding hydrogens is 321 g/mol. The van der Waals surface area contributed by atoms with Crippen LogP contribution in [0.5, 0.6) is 11.5 Å². The van der Waals surface area contributed by atoms with E-state index in [1.165, 1.54) is 12.1 Å². The predicted octanol–water partition coefficient (Wildman–Crippen LogP) is 4.78. The Morgan fingerprint density at radius 3 is 2.33 bits per heavy atom. The van der Waals surface area contributed by atoms with E-state index in [2.05, 4.69) is 4.74 Å². The monoisotopic (exact) mass is 340 g/mol. The van der Waals surface area contributed by atoms with E-state index in [9.17, 15) is 18.3 Å². The van der Waals surface area contributed by atoms with Gasteiger partial charge in [-0.05, 0) is 40.8 Å². The maximum Gasteiger partial charge on any atom is 0.573 e. The van der Waals surface area contributed by atoms with Crippen LogP contribution in [0, 0.1) is 5.92 Å². The van der Waals surface area contributed by atoms with Crippen LogP contribution in [0.4, 0.5) is 13.2 Å². The predicted molar refractivity (Wildman–Crippen MR) is 84.8 cm³/mol. The van der Waals surface area contributed by atoms with E-state index >= 15 is 0 Å². The minimum absolute atomic E-state index is 0.0445. The lowest BCUT2D eigenvalue weighted by Crippen LogP contribution is -2.18. The van der Waals surface area contributed by atoms with Crippen molar-refractivity contribution >= 4 is 0 Å². The number of hydrogen-bond acceptors (Lipinski definition) is 3. The number of halogens is 3. The smallest absolute Gasteiger partial charge is 0.489 e. The molecule has 3 nitrogen and oxygen atoms in total. The van der Waals surface area contributed by atoms with Crippen LogP contribution in [-0.2, 0) is 6.61 Å². The molecule has 0 unspecified atom stereocenters. The summed E-state index contributed by atoms with van der Waals surface area (Å²) in [5.74, 6) is -0.164. The molecule has 2 aromatic rings. The van der Waals surface area contributed by atoms with Gasteiger partial charge in [0.25, 0.3) is 0 Å². The highest BCUT2D eigenvalue weighted by Crippen LogP contribution is 2.36. The Balaban J connectivity index is 2.38. The summed E-state index contributed by atoms with van der Waals surface area (Å²) in [6.07, 6.45) is -4.80. The largest absolute Gasteiger partial charge is 0.573 e. The van der Waals surface area contributed by atoms with Crippen molar-refractivity contribution in [2.75, 3.05) is 6.61 Å². The van der Waals surface area contributed by atoms with E-state index in [0.717, 1.165) is 0 Å². The molecule has 0 aromatic heterocycles. The quantitative estimate of drug-likeness (QED) is 0.822. The first-order valence-corrected chi connectivity index (χ1v) is 7.51. The molecule has 0 atom stereocenters. The Morgan fingerprint density at radius 2 is 1.71 bits per heavy atom. The molecule has 0 heterocycles. The lowest BCUT2D eigenvalue weighted by Gasteiger charge is -2.16.